The zero-order valence-corrected chi connectivity index (χ0v) is 11.5. The Morgan fingerprint density at radius 1 is 1.28 bits per heavy atom. The second kappa shape index (κ2) is 5.89. The van der Waals surface area contributed by atoms with Gasteiger partial charge in [-0.1, -0.05) is 17.7 Å². The highest BCUT2D eigenvalue weighted by Crippen LogP contribution is 2.23. The summed E-state index contributed by atoms with van der Waals surface area (Å²) in [5, 5.41) is 0.610. The van der Waals surface area contributed by atoms with Crippen LogP contribution in [0.4, 0.5) is 5.69 Å². The van der Waals surface area contributed by atoms with Crippen LogP contribution < -0.4 is 5.73 Å². The van der Waals surface area contributed by atoms with Gasteiger partial charge in [-0.05, 0) is 17.7 Å². The highest BCUT2D eigenvalue weighted by atomic mass is 35.5. The number of nitrogens with two attached hydrogens (primary N) is 1. The zero-order valence-electron chi connectivity index (χ0n) is 10.7. The largest absolute Gasteiger partial charge is 0.398 e. The molecule has 0 spiro atoms. The smallest absolute Gasteiger partial charge is 0.0971 e. The van der Waals surface area contributed by atoms with E-state index >= 15 is 0 Å². The minimum absolute atomic E-state index is 0.138. The summed E-state index contributed by atoms with van der Waals surface area (Å²) in [6, 6.07) is 5.76. The van der Waals surface area contributed by atoms with E-state index in [2.05, 4.69) is 4.90 Å². The van der Waals surface area contributed by atoms with E-state index in [0.717, 1.165) is 25.2 Å². The average molecular weight is 271 g/mol. The molecule has 100 valence electrons. The molecule has 18 heavy (non-hydrogen) atoms. The summed E-state index contributed by atoms with van der Waals surface area (Å²) < 4.78 is 10.8. The van der Waals surface area contributed by atoms with E-state index in [0.29, 0.717) is 10.7 Å². The van der Waals surface area contributed by atoms with Crippen molar-refractivity contribution in [3.63, 3.8) is 0 Å². The number of methoxy groups -OCH3 is 2. The molecule has 1 heterocycles. The monoisotopic (exact) mass is 270 g/mol. The Balaban J connectivity index is 2.00. The molecule has 4 nitrogen and oxygen atoms in total. The van der Waals surface area contributed by atoms with Crippen molar-refractivity contribution in [2.75, 3.05) is 33.0 Å². The third-order valence-corrected chi connectivity index (χ3v) is 3.69. The molecule has 0 aromatic heterocycles. The van der Waals surface area contributed by atoms with Crippen LogP contribution >= 0.6 is 11.6 Å². The van der Waals surface area contributed by atoms with Crippen LogP contribution in [0.15, 0.2) is 18.2 Å². The fourth-order valence-electron chi connectivity index (χ4n) is 2.33. The van der Waals surface area contributed by atoms with Crippen molar-refractivity contribution in [2.45, 2.75) is 18.8 Å². The van der Waals surface area contributed by atoms with E-state index in [4.69, 9.17) is 26.8 Å². The van der Waals surface area contributed by atoms with Crippen LogP contribution in [-0.2, 0) is 16.0 Å². The van der Waals surface area contributed by atoms with Crippen molar-refractivity contribution in [2.24, 2.45) is 0 Å². The molecule has 2 atom stereocenters. The average Bonchev–Trinajstić information content (AvgIpc) is 2.76. The van der Waals surface area contributed by atoms with Crippen molar-refractivity contribution < 1.29 is 9.47 Å². The lowest BCUT2D eigenvalue weighted by Gasteiger charge is -2.15. The van der Waals surface area contributed by atoms with E-state index in [1.807, 2.05) is 18.2 Å². The maximum atomic E-state index is 6.02. The van der Waals surface area contributed by atoms with Gasteiger partial charge in [0.05, 0.1) is 22.9 Å². The molecule has 0 aliphatic carbocycles. The van der Waals surface area contributed by atoms with Crippen LogP contribution in [0.5, 0.6) is 0 Å². The first-order valence-electron chi connectivity index (χ1n) is 5.96. The minimum atomic E-state index is 0.138. The molecule has 0 amide bonds. The lowest BCUT2D eigenvalue weighted by atomic mass is 10.2. The number of hydrogen-bond donors (Lipinski definition) is 1. The van der Waals surface area contributed by atoms with Crippen LogP contribution in [0, 0.1) is 0 Å². The van der Waals surface area contributed by atoms with Gasteiger partial charge in [0.15, 0.2) is 0 Å². The van der Waals surface area contributed by atoms with Crippen LogP contribution in [-0.4, -0.2) is 44.4 Å². The third-order valence-electron chi connectivity index (χ3n) is 3.37. The Morgan fingerprint density at radius 3 is 2.39 bits per heavy atom. The first-order valence-corrected chi connectivity index (χ1v) is 6.33. The number of hydrogen-bond acceptors (Lipinski definition) is 4. The highest BCUT2D eigenvalue weighted by Gasteiger charge is 2.32. The minimum Gasteiger partial charge on any atom is -0.398 e. The van der Waals surface area contributed by atoms with E-state index in [9.17, 15) is 0 Å². The van der Waals surface area contributed by atoms with Gasteiger partial charge in [-0.3, -0.25) is 4.90 Å². The number of nitrogen functional groups attached to an aromatic ring is 1. The maximum Gasteiger partial charge on any atom is 0.0971 e. The summed E-state index contributed by atoms with van der Waals surface area (Å²) in [4.78, 5) is 2.30. The Labute approximate surface area is 113 Å². The van der Waals surface area contributed by atoms with E-state index in [-0.39, 0.29) is 12.2 Å². The van der Waals surface area contributed by atoms with Crippen molar-refractivity contribution in [3.05, 3.63) is 28.8 Å². The molecule has 1 aromatic rings. The summed E-state index contributed by atoms with van der Waals surface area (Å²) in [6.45, 7) is 2.58. The molecule has 5 heteroatoms. The van der Waals surface area contributed by atoms with Gasteiger partial charge < -0.3 is 15.2 Å². The summed E-state index contributed by atoms with van der Waals surface area (Å²) in [5.74, 6) is 0. The van der Waals surface area contributed by atoms with Crippen molar-refractivity contribution in [1.29, 1.82) is 0 Å². The number of benzene rings is 1. The lowest BCUT2D eigenvalue weighted by molar-refractivity contribution is -0.00461. The SMILES string of the molecule is COC1CN(Cc2ccc(N)c(Cl)c2)CC1OC. The molecule has 1 saturated heterocycles. The van der Waals surface area contributed by atoms with E-state index in [1.54, 1.807) is 14.2 Å². The number of halogens is 1. The third kappa shape index (κ3) is 2.95. The van der Waals surface area contributed by atoms with Gasteiger partial charge in [-0.2, -0.15) is 0 Å². The van der Waals surface area contributed by atoms with Gasteiger partial charge in [0.1, 0.15) is 0 Å². The highest BCUT2D eigenvalue weighted by molar-refractivity contribution is 6.33. The second-order valence-electron chi connectivity index (χ2n) is 4.60. The Bertz CT molecular complexity index is 402. The zero-order chi connectivity index (χ0) is 13.1. The van der Waals surface area contributed by atoms with Gasteiger partial charge in [-0.25, -0.2) is 0 Å². The fraction of sp³-hybridized carbons (Fsp3) is 0.538. The van der Waals surface area contributed by atoms with E-state index < -0.39 is 0 Å². The van der Waals surface area contributed by atoms with Crippen molar-refractivity contribution >= 4 is 17.3 Å². The summed E-state index contributed by atoms with van der Waals surface area (Å²) >= 11 is 6.02. The Kier molecular flexibility index (Phi) is 4.45. The van der Waals surface area contributed by atoms with Crippen LogP contribution in [0.2, 0.25) is 5.02 Å². The number of ether oxygens (including phenoxy) is 2. The molecule has 2 N–H and O–H groups in total. The van der Waals surface area contributed by atoms with Gasteiger partial charge in [0.2, 0.25) is 0 Å². The van der Waals surface area contributed by atoms with Gasteiger partial charge in [0, 0.05) is 33.9 Å². The summed E-state index contributed by atoms with van der Waals surface area (Å²) in [7, 11) is 3.44. The van der Waals surface area contributed by atoms with Gasteiger partial charge >= 0.3 is 0 Å². The molecule has 1 aliphatic rings. The quantitative estimate of drug-likeness (QED) is 0.847. The maximum absolute atomic E-state index is 6.02. The molecule has 2 rings (SSSR count). The predicted molar refractivity (Wildman–Crippen MR) is 72.7 cm³/mol. The number of nitrogens with zero attached hydrogens (tertiary/aromatic N) is 1. The standard InChI is InChI=1S/C13H19ClN2O2/c1-17-12-7-16(8-13(12)18-2)6-9-3-4-11(15)10(14)5-9/h3-5,12-13H,6-8,15H2,1-2H3. The molecular formula is C13H19ClN2O2. The molecule has 0 radical (unpaired) electrons. The Morgan fingerprint density at radius 2 is 1.89 bits per heavy atom. The molecule has 1 aliphatic heterocycles. The topological polar surface area (TPSA) is 47.7 Å². The van der Waals surface area contributed by atoms with E-state index in [1.165, 1.54) is 0 Å². The van der Waals surface area contributed by atoms with Crippen LogP contribution in [0.1, 0.15) is 5.56 Å². The first-order chi connectivity index (χ1) is 8.63. The van der Waals surface area contributed by atoms with Crippen LogP contribution in [0.3, 0.4) is 0 Å². The number of likely N-dealkylation sites (tertiary alicyclic amines) is 1. The van der Waals surface area contributed by atoms with Gasteiger partial charge in [0.25, 0.3) is 0 Å². The molecule has 2 unspecified atom stereocenters. The van der Waals surface area contributed by atoms with Crippen molar-refractivity contribution in [3.8, 4) is 0 Å². The number of anilines is 1. The molecule has 0 bridgehead atoms. The summed E-state index contributed by atoms with van der Waals surface area (Å²) in [6.07, 6.45) is 0.276. The predicted octanol–water partition coefficient (Wildman–Crippen LogP) is 1.77. The second-order valence-corrected chi connectivity index (χ2v) is 5.01. The van der Waals surface area contributed by atoms with Gasteiger partial charge in [-0.15, -0.1) is 0 Å². The Hall–Kier alpha value is -0.810. The fourth-order valence-corrected chi connectivity index (χ4v) is 2.53. The van der Waals surface area contributed by atoms with Crippen LogP contribution in [0.25, 0.3) is 0 Å². The number of rotatable bonds is 4. The lowest BCUT2D eigenvalue weighted by Crippen LogP contribution is -2.27. The molecule has 1 aromatic carbocycles. The first kappa shape index (κ1) is 13.6. The molecule has 0 saturated carbocycles. The molecule has 1 fully saturated rings. The molecular weight excluding hydrogens is 252 g/mol. The normalized spacial score (nSPS) is 24.6. The summed E-state index contributed by atoms with van der Waals surface area (Å²) in [5.41, 5.74) is 7.47. The van der Waals surface area contributed by atoms with Crippen molar-refractivity contribution in [1.82, 2.24) is 4.90 Å².